The molecule has 2 heterocycles. The third-order valence-corrected chi connectivity index (χ3v) is 5.52. The summed E-state index contributed by atoms with van der Waals surface area (Å²) in [5.41, 5.74) is 2.15. The van der Waals surface area contributed by atoms with Gasteiger partial charge in [-0.2, -0.15) is 0 Å². The van der Waals surface area contributed by atoms with Gasteiger partial charge in [-0.25, -0.2) is 4.79 Å². The van der Waals surface area contributed by atoms with Gasteiger partial charge in [0.1, 0.15) is 11.1 Å². The van der Waals surface area contributed by atoms with Crippen LogP contribution >= 0.6 is 11.3 Å². The Morgan fingerprint density at radius 2 is 1.76 bits per heavy atom. The molecule has 0 radical (unpaired) electrons. The van der Waals surface area contributed by atoms with Crippen molar-refractivity contribution in [1.29, 1.82) is 0 Å². The maximum atomic E-state index is 12.4. The van der Waals surface area contributed by atoms with E-state index in [0.717, 1.165) is 52.1 Å². The van der Waals surface area contributed by atoms with Crippen LogP contribution in [0.3, 0.4) is 0 Å². The molecule has 3 aromatic rings. The molecule has 2 aromatic carbocycles. The van der Waals surface area contributed by atoms with Gasteiger partial charge < -0.3 is 10.1 Å². The fourth-order valence-corrected chi connectivity index (χ4v) is 4.32. The number of anilines is 1. The summed E-state index contributed by atoms with van der Waals surface area (Å²) in [7, 11) is 0. The number of nitrogens with one attached hydrogen (secondary N) is 2. The van der Waals surface area contributed by atoms with Crippen LogP contribution in [0.2, 0.25) is 0 Å². The SMILES string of the molecule is O=C(Nc1sc2ccccc2c1-c1ccccc1)OC1CCNCC1. The van der Waals surface area contributed by atoms with E-state index in [4.69, 9.17) is 4.74 Å². The summed E-state index contributed by atoms with van der Waals surface area (Å²) in [6.07, 6.45) is 1.36. The van der Waals surface area contributed by atoms with Crippen molar-refractivity contribution < 1.29 is 9.53 Å². The van der Waals surface area contributed by atoms with E-state index in [1.807, 2.05) is 30.3 Å². The number of hydrogen-bond donors (Lipinski definition) is 2. The molecular formula is C20H20N2O2S. The Bertz CT molecular complexity index is 870. The fraction of sp³-hybridized carbons (Fsp3) is 0.250. The molecule has 1 aromatic heterocycles. The first-order valence-corrected chi connectivity index (χ1v) is 9.38. The summed E-state index contributed by atoms with van der Waals surface area (Å²) in [6, 6.07) is 18.4. The lowest BCUT2D eigenvalue weighted by atomic mass is 10.0. The molecule has 1 saturated heterocycles. The zero-order valence-electron chi connectivity index (χ0n) is 13.8. The van der Waals surface area contributed by atoms with Gasteiger partial charge in [-0.1, -0.05) is 48.5 Å². The van der Waals surface area contributed by atoms with Crippen molar-refractivity contribution in [2.45, 2.75) is 18.9 Å². The van der Waals surface area contributed by atoms with Gasteiger partial charge >= 0.3 is 6.09 Å². The molecule has 2 N–H and O–H groups in total. The summed E-state index contributed by atoms with van der Waals surface area (Å²) in [5.74, 6) is 0. The minimum Gasteiger partial charge on any atom is -0.446 e. The van der Waals surface area contributed by atoms with E-state index >= 15 is 0 Å². The van der Waals surface area contributed by atoms with Gasteiger partial charge in [-0.3, -0.25) is 5.32 Å². The second-order valence-electron chi connectivity index (χ2n) is 6.15. The Hall–Kier alpha value is -2.37. The molecule has 1 aliphatic rings. The highest BCUT2D eigenvalue weighted by Gasteiger charge is 2.20. The number of amides is 1. The van der Waals surface area contributed by atoms with Gasteiger partial charge in [0.15, 0.2) is 0 Å². The second kappa shape index (κ2) is 7.25. The Balaban J connectivity index is 1.63. The lowest BCUT2D eigenvalue weighted by molar-refractivity contribution is 0.0910. The first kappa shape index (κ1) is 16.1. The number of piperidine rings is 1. The molecule has 0 bridgehead atoms. The van der Waals surface area contributed by atoms with Gasteiger partial charge in [0.2, 0.25) is 0 Å². The molecule has 5 heteroatoms. The molecule has 4 rings (SSSR count). The summed E-state index contributed by atoms with van der Waals surface area (Å²) in [6.45, 7) is 1.80. The first-order chi connectivity index (χ1) is 12.3. The number of benzene rings is 2. The third kappa shape index (κ3) is 3.52. The van der Waals surface area contributed by atoms with E-state index in [2.05, 4.69) is 34.9 Å². The number of fused-ring (bicyclic) bond motifs is 1. The van der Waals surface area contributed by atoms with Gasteiger partial charge in [-0.05, 0) is 37.6 Å². The number of hydrogen-bond acceptors (Lipinski definition) is 4. The maximum absolute atomic E-state index is 12.4. The van der Waals surface area contributed by atoms with Crippen molar-refractivity contribution in [3.8, 4) is 11.1 Å². The maximum Gasteiger partial charge on any atom is 0.412 e. The predicted molar refractivity (Wildman–Crippen MR) is 103 cm³/mol. The molecule has 0 unspecified atom stereocenters. The smallest absolute Gasteiger partial charge is 0.412 e. The van der Waals surface area contributed by atoms with E-state index in [0.29, 0.717) is 0 Å². The first-order valence-electron chi connectivity index (χ1n) is 8.56. The molecule has 128 valence electrons. The molecule has 0 spiro atoms. The summed E-state index contributed by atoms with van der Waals surface area (Å²) in [4.78, 5) is 12.4. The molecule has 0 aliphatic carbocycles. The predicted octanol–water partition coefficient (Wildman–Crippen LogP) is 4.87. The molecule has 25 heavy (non-hydrogen) atoms. The van der Waals surface area contributed by atoms with Crippen LogP contribution in [0.15, 0.2) is 54.6 Å². The molecular weight excluding hydrogens is 332 g/mol. The van der Waals surface area contributed by atoms with Crippen LogP contribution in [0.5, 0.6) is 0 Å². The van der Waals surface area contributed by atoms with Crippen molar-refractivity contribution in [1.82, 2.24) is 5.32 Å². The number of ether oxygens (including phenoxy) is 1. The molecule has 0 atom stereocenters. The topological polar surface area (TPSA) is 50.4 Å². The lowest BCUT2D eigenvalue weighted by Crippen LogP contribution is -2.34. The molecule has 1 amide bonds. The van der Waals surface area contributed by atoms with Gasteiger partial charge in [-0.15, -0.1) is 11.3 Å². The lowest BCUT2D eigenvalue weighted by Gasteiger charge is -2.22. The van der Waals surface area contributed by atoms with Crippen LogP contribution in [0, 0.1) is 0 Å². The number of carbonyl (C=O) groups excluding carboxylic acids is 1. The normalized spacial score (nSPS) is 15.2. The van der Waals surface area contributed by atoms with Gasteiger partial charge in [0.25, 0.3) is 0 Å². The van der Waals surface area contributed by atoms with Crippen LogP contribution in [-0.4, -0.2) is 25.3 Å². The van der Waals surface area contributed by atoms with Crippen molar-refractivity contribution >= 4 is 32.5 Å². The second-order valence-corrected chi connectivity index (χ2v) is 7.20. The highest BCUT2D eigenvalue weighted by atomic mass is 32.1. The average molecular weight is 352 g/mol. The minimum absolute atomic E-state index is 0.00389. The van der Waals surface area contributed by atoms with Crippen LogP contribution in [0.1, 0.15) is 12.8 Å². The zero-order chi connectivity index (χ0) is 17.1. The van der Waals surface area contributed by atoms with E-state index in [-0.39, 0.29) is 12.2 Å². The quantitative estimate of drug-likeness (QED) is 0.707. The molecule has 1 aliphatic heterocycles. The van der Waals surface area contributed by atoms with Crippen LogP contribution in [0.4, 0.5) is 9.80 Å². The standard InChI is InChI=1S/C20H20N2O2S/c23-20(24-15-10-12-21-13-11-15)22-19-18(14-6-2-1-3-7-14)16-8-4-5-9-17(16)25-19/h1-9,15,21H,10-13H2,(H,22,23). The van der Waals surface area contributed by atoms with Crippen LogP contribution < -0.4 is 10.6 Å². The van der Waals surface area contributed by atoms with Crippen LogP contribution in [0.25, 0.3) is 21.2 Å². The van der Waals surface area contributed by atoms with Crippen molar-refractivity contribution in [3.05, 3.63) is 54.6 Å². The molecule has 1 fully saturated rings. The number of thiophene rings is 1. The Kier molecular flexibility index (Phi) is 4.68. The van der Waals surface area contributed by atoms with E-state index < -0.39 is 0 Å². The van der Waals surface area contributed by atoms with Crippen molar-refractivity contribution in [2.24, 2.45) is 0 Å². The fourth-order valence-electron chi connectivity index (χ4n) is 3.21. The minimum atomic E-state index is -0.365. The third-order valence-electron chi connectivity index (χ3n) is 4.43. The summed E-state index contributed by atoms with van der Waals surface area (Å²) in [5, 5.41) is 8.25. The monoisotopic (exact) mass is 352 g/mol. The van der Waals surface area contributed by atoms with E-state index in [1.165, 1.54) is 0 Å². The van der Waals surface area contributed by atoms with Gasteiger partial charge in [0.05, 0.1) is 0 Å². The van der Waals surface area contributed by atoms with Crippen molar-refractivity contribution in [3.63, 3.8) is 0 Å². The van der Waals surface area contributed by atoms with E-state index in [9.17, 15) is 4.79 Å². The van der Waals surface area contributed by atoms with E-state index in [1.54, 1.807) is 11.3 Å². The Morgan fingerprint density at radius 1 is 1.04 bits per heavy atom. The zero-order valence-corrected chi connectivity index (χ0v) is 14.6. The number of carbonyl (C=O) groups is 1. The largest absolute Gasteiger partial charge is 0.446 e. The van der Waals surface area contributed by atoms with Crippen molar-refractivity contribution in [2.75, 3.05) is 18.4 Å². The average Bonchev–Trinajstić information content (AvgIpc) is 3.01. The Morgan fingerprint density at radius 3 is 2.56 bits per heavy atom. The number of rotatable bonds is 3. The van der Waals surface area contributed by atoms with Crippen LogP contribution in [-0.2, 0) is 4.74 Å². The summed E-state index contributed by atoms with van der Waals surface area (Å²) >= 11 is 1.58. The Labute approximate surface area is 150 Å². The molecule has 0 saturated carbocycles. The van der Waals surface area contributed by atoms with Gasteiger partial charge in [0, 0.05) is 15.6 Å². The highest BCUT2D eigenvalue weighted by molar-refractivity contribution is 7.23. The molecule has 4 nitrogen and oxygen atoms in total. The summed E-state index contributed by atoms with van der Waals surface area (Å²) < 4.78 is 6.75. The highest BCUT2D eigenvalue weighted by Crippen LogP contribution is 2.42.